The maximum absolute atomic E-state index is 11.8. The van der Waals surface area contributed by atoms with Gasteiger partial charge in [0, 0.05) is 31.5 Å². The van der Waals surface area contributed by atoms with E-state index in [-0.39, 0.29) is 43.4 Å². The average molecular weight is 324 g/mol. The Morgan fingerprint density at radius 2 is 1.74 bits per heavy atom. The van der Waals surface area contributed by atoms with Gasteiger partial charge in [-0.05, 0) is 33.6 Å². The zero-order valence-corrected chi connectivity index (χ0v) is 13.8. The number of carbonyl (C=O) groups excluding carboxylic acids is 4. The summed E-state index contributed by atoms with van der Waals surface area (Å²) < 4.78 is 5.14. The van der Waals surface area contributed by atoms with Gasteiger partial charge in [0.25, 0.3) is 11.8 Å². The molecular formula is C16H24N2O5. The van der Waals surface area contributed by atoms with Gasteiger partial charge in [0.05, 0.1) is 0 Å². The molecule has 1 rings (SSSR count). The maximum atomic E-state index is 11.8. The lowest BCUT2D eigenvalue weighted by Gasteiger charge is -2.22. The second kappa shape index (κ2) is 8.01. The Bertz CT molecular complexity index is 501. The van der Waals surface area contributed by atoms with Crippen LogP contribution in [0.25, 0.3) is 0 Å². The molecule has 0 aromatic heterocycles. The highest BCUT2D eigenvalue weighted by Crippen LogP contribution is 2.11. The molecule has 0 aromatic rings. The van der Waals surface area contributed by atoms with Crippen LogP contribution in [0.4, 0.5) is 0 Å². The van der Waals surface area contributed by atoms with Crippen LogP contribution in [0.5, 0.6) is 0 Å². The summed E-state index contributed by atoms with van der Waals surface area (Å²) in [4.78, 5) is 47.2. The summed E-state index contributed by atoms with van der Waals surface area (Å²) in [5.41, 5.74) is 5.10. The second-order valence-electron chi connectivity index (χ2n) is 6.48. The molecule has 0 bridgehead atoms. The smallest absolute Gasteiger partial charge is 0.323 e. The molecule has 7 heteroatoms. The average Bonchev–Trinajstić information content (AvgIpc) is 2.74. The molecule has 1 atom stereocenters. The van der Waals surface area contributed by atoms with Crippen molar-refractivity contribution in [3.63, 3.8) is 0 Å². The predicted molar refractivity (Wildman–Crippen MR) is 83.2 cm³/mol. The first-order valence-corrected chi connectivity index (χ1v) is 7.64. The van der Waals surface area contributed by atoms with E-state index in [1.54, 1.807) is 20.8 Å². The minimum Gasteiger partial charge on any atom is -0.459 e. The van der Waals surface area contributed by atoms with Crippen molar-refractivity contribution in [2.24, 2.45) is 5.73 Å². The lowest BCUT2D eigenvalue weighted by molar-refractivity contribution is -0.156. The maximum Gasteiger partial charge on any atom is 0.323 e. The van der Waals surface area contributed by atoms with Gasteiger partial charge in [-0.15, -0.1) is 0 Å². The van der Waals surface area contributed by atoms with E-state index in [9.17, 15) is 19.2 Å². The number of hydrogen-bond acceptors (Lipinski definition) is 6. The van der Waals surface area contributed by atoms with E-state index in [1.807, 2.05) is 0 Å². The molecule has 0 spiro atoms. The van der Waals surface area contributed by atoms with Crippen LogP contribution in [-0.4, -0.2) is 46.7 Å². The minimum atomic E-state index is -0.830. The fourth-order valence-electron chi connectivity index (χ4n) is 2.02. The van der Waals surface area contributed by atoms with Crippen LogP contribution in [0, 0.1) is 0 Å². The van der Waals surface area contributed by atoms with E-state index in [0.717, 1.165) is 4.90 Å². The molecule has 0 saturated heterocycles. The molecule has 0 aliphatic carbocycles. The van der Waals surface area contributed by atoms with E-state index in [4.69, 9.17) is 10.5 Å². The number of hydrogen-bond donors (Lipinski definition) is 1. The summed E-state index contributed by atoms with van der Waals surface area (Å²) in [6.07, 6.45) is 3.45. The molecular weight excluding hydrogens is 300 g/mol. The lowest BCUT2D eigenvalue weighted by Crippen LogP contribution is -2.37. The number of ether oxygens (including phenoxy) is 1. The monoisotopic (exact) mass is 324 g/mol. The number of nitrogens with two attached hydrogens (primary N) is 1. The predicted octanol–water partition coefficient (Wildman–Crippen LogP) is 0.710. The summed E-state index contributed by atoms with van der Waals surface area (Å²) in [7, 11) is 0. The molecule has 0 radical (unpaired) electrons. The van der Waals surface area contributed by atoms with Crippen LogP contribution in [0.2, 0.25) is 0 Å². The molecule has 0 unspecified atom stereocenters. The fraction of sp³-hybridized carbons (Fsp3) is 0.625. The summed E-state index contributed by atoms with van der Waals surface area (Å²) in [5, 5.41) is 0. The third-order valence-corrected chi connectivity index (χ3v) is 3.18. The largest absolute Gasteiger partial charge is 0.459 e. The summed E-state index contributed by atoms with van der Waals surface area (Å²) in [6.45, 7) is 5.46. The van der Waals surface area contributed by atoms with Gasteiger partial charge in [-0.1, -0.05) is 0 Å². The minimum absolute atomic E-state index is 0.0592. The fourth-order valence-corrected chi connectivity index (χ4v) is 2.02. The van der Waals surface area contributed by atoms with Crippen molar-refractivity contribution in [1.82, 2.24) is 4.90 Å². The molecule has 128 valence electrons. The van der Waals surface area contributed by atoms with Crippen LogP contribution >= 0.6 is 0 Å². The normalized spacial score (nSPS) is 15.9. The quantitative estimate of drug-likeness (QED) is 0.520. The van der Waals surface area contributed by atoms with Gasteiger partial charge < -0.3 is 10.5 Å². The van der Waals surface area contributed by atoms with Gasteiger partial charge >= 0.3 is 5.97 Å². The zero-order chi connectivity index (χ0) is 17.6. The molecule has 23 heavy (non-hydrogen) atoms. The first kappa shape index (κ1) is 19.0. The van der Waals surface area contributed by atoms with Crippen molar-refractivity contribution in [3.8, 4) is 0 Å². The Balaban J connectivity index is 2.23. The van der Waals surface area contributed by atoms with Gasteiger partial charge in [0.1, 0.15) is 17.4 Å². The first-order valence-electron chi connectivity index (χ1n) is 7.64. The zero-order valence-electron chi connectivity index (χ0n) is 13.8. The number of Topliss-reactive ketones (excluding diaryl/α,β-unsaturated/α-hetero) is 1. The van der Waals surface area contributed by atoms with E-state index < -0.39 is 17.6 Å². The Morgan fingerprint density at radius 3 is 2.26 bits per heavy atom. The number of esters is 1. The third kappa shape index (κ3) is 6.73. The molecule has 1 aliphatic heterocycles. The Morgan fingerprint density at radius 1 is 1.17 bits per heavy atom. The number of amides is 2. The first-order chi connectivity index (χ1) is 10.6. The van der Waals surface area contributed by atoms with Crippen LogP contribution in [0.1, 0.15) is 46.5 Å². The molecule has 0 saturated carbocycles. The van der Waals surface area contributed by atoms with E-state index in [2.05, 4.69) is 0 Å². The molecule has 2 N–H and O–H groups in total. The number of nitrogens with zero attached hydrogens (tertiary/aromatic N) is 1. The van der Waals surface area contributed by atoms with Gasteiger partial charge in [-0.3, -0.25) is 24.1 Å². The molecule has 1 aliphatic rings. The highest BCUT2D eigenvalue weighted by atomic mass is 16.6. The van der Waals surface area contributed by atoms with E-state index >= 15 is 0 Å². The topological polar surface area (TPSA) is 107 Å². The Labute approximate surface area is 135 Å². The Hall–Kier alpha value is -2.02. The van der Waals surface area contributed by atoms with Crippen LogP contribution < -0.4 is 5.73 Å². The van der Waals surface area contributed by atoms with Crippen molar-refractivity contribution in [1.29, 1.82) is 0 Å². The molecule has 2 amide bonds. The van der Waals surface area contributed by atoms with Crippen molar-refractivity contribution < 1.29 is 23.9 Å². The number of imide groups is 1. The van der Waals surface area contributed by atoms with E-state index in [1.165, 1.54) is 12.2 Å². The van der Waals surface area contributed by atoms with Crippen LogP contribution in [-0.2, 0) is 23.9 Å². The molecule has 1 heterocycles. The van der Waals surface area contributed by atoms with Crippen LogP contribution in [0.3, 0.4) is 0 Å². The van der Waals surface area contributed by atoms with Crippen LogP contribution in [0.15, 0.2) is 12.2 Å². The van der Waals surface area contributed by atoms with Crippen molar-refractivity contribution >= 4 is 23.6 Å². The van der Waals surface area contributed by atoms with Gasteiger partial charge in [0.2, 0.25) is 0 Å². The molecule has 0 aromatic carbocycles. The standard InChI is InChI=1S/C16H24N2O5/c1-16(2,3)23-15(22)12(17)7-6-11(19)5-4-10-18-13(20)8-9-14(18)21/h8-9,12H,4-7,10,17H2,1-3H3/t12-/m0/s1. The lowest BCUT2D eigenvalue weighted by atomic mass is 10.1. The Kier molecular flexibility index (Phi) is 6.62. The number of ketones is 1. The van der Waals surface area contributed by atoms with Crippen molar-refractivity contribution in [3.05, 3.63) is 12.2 Å². The van der Waals surface area contributed by atoms with Gasteiger partial charge in [-0.2, -0.15) is 0 Å². The highest BCUT2D eigenvalue weighted by molar-refractivity contribution is 6.12. The molecule has 0 fully saturated rings. The van der Waals surface area contributed by atoms with Crippen molar-refractivity contribution in [2.75, 3.05) is 6.54 Å². The van der Waals surface area contributed by atoms with Crippen molar-refractivity contribution in [2.45, 2.75) is 58.1 Å². The van der Waals surface area contributed by atoms with E-state index in [0.29, 0.717) is 6.42 Å². The summed E-state index contributed by atoms with van der Waals surface area (Å²) >= 11 is 0. The van der Waals surface area contributed by atoms with Gasteiger partial charge in [0.15, 0.2) is 0 Å². The highest BCUT2D eigenvalue weighted by Gasteiger charge is 2.24. The summed E-state index contributed by atoms with van der Waals surface area (Å²) in [6, 6.07) is -0.830. The second-order valence-corrected chi connectivity index (χ2v) is 6.48. The summed E-state index contributed by atoms with van der Waals surface area (Å²) in [5.74, 6) is -1.29. The third-order valence-electron chi connectivity index (χ3n) is 3.18. The number of rotatable bonds is 8. The SMILES string of the molecule is CC(C)(C)OC(=O)[C@@H](N)CCC(=O)CCCN1C(=O)C=CC1=O. The molecule has 7 nitrogen and oxygen atoms in total. The van der Waals surface area contributed by atoms with Gasteiger partial charge in [-0.25, -0.2) is 0 Å². The number of carbonyl (C=O) groups is 4.